The standard InChI is InChI=1S/C8H9ClN2S/c1-10-8-3-2-6(11-5-12)4-7(8)9/h2-5,10H,1H3,(H,11,12). The number of anilines is 2. The summed E-state index contributed by atoms with van der Waals surface area (Å²) in [6.45, 7) is 0. The Labute approximate surface area is 81.9 Å². The summed E-state index contributed by atoms with van der Waals surface area (Å²) in [5.74, 6) is 0. The molecule has 0 aliphatic rings. The molecule has 2 N–H and O–H groups in total. The fourth-order valence-corrected chi connectivity index (χ4v) is 1.29. The van der Waals surface area contributed by atoms with Crippen LogP contribution in [-0.4, -0.2) is 12.5 Å². The average molecular weight is 201 g/mol. The molecule has 64 valence electrons. The third-order valence-corrected chi connectivity index (χ3v) is 1.89. The fourth-order valence-electron chi connectivity index (χ4n) is 0.876. The van der Waals surface area contributed by atoms with Crippen LogP contribution in [0, 0.1) is 0 Å². The zero-order chi connectivity index (χ0) is 8.97. The van der Waals surface area contributed by atoms with Crippen molar-refractivity contribution in [3.05, 3.63) is 23.2 Å². The second kappa shape index (κ2) is 4.28. The maximum atomic E-state index is 5.91. The highest BCUT2D eigenvalue weighted by atomic mass is 35.5. The van der Waals surface area contributed by atoms with Crippen LogP contribution in [0.15, 0.2) is 18.2 Å². The van der Waals surface area contributed by atoms with Gasteiger partial charge in [-0.15, -0.1) is 0 Å². The average Bonchev–Trinajstić information content (AvgIpc) is 2.05. The lowest BCUT2D eigenvalue weighted by atomic mass is 10.3. The summed E-state index contributed by atoms with van der Waals surface area (Å²) in [5, 5.41) is 6.53. The van der Waals surface area contributed by atoms with Gasteiger partial charge in [-0.05, 0) is 18.2 Å². The molecule has 0 amide bonds. The van der Waals surface area contributed by atoms with Crippen LogP contribution in [0.2, 0.25) is 5.02 Å². The molecular weight excluding hydrogens is 192 g/mol. The van der Waals surface area contributed by atoms with Gasteiger partial charge in [0, 0.05) is 12.7 Å². The first-order chi connectivity index (χ1) is 5.77. The Morgan fingerprint density at radius 3 is 2.75 bits per heavy atom. The van der Waals surface area contributed by atoms with Gasteiger partial charge in [-0.3, -0.25) is 0 Å². The second-order valence-electron chi connectivity index (χ2n) is 2.21. The highest BCUT2D eigenvalue weighted by Gasteiger charge is 1.97. The highest BCUT2D eigenvalue weighted by molar-refractivity contribution is 7.79. The predicted octanol–water partition coefficient (Wildman–Crippen LogP) is 2.75. The van der Waals surface area contributed by atoms with Crippen molar-refractivity contribution in [1.29, 1.82) is 0 Å². The van der Waals surface area contributed by atoms with Gasteiger partial charge in [0.15, 0.2) is 0 Å². The molecule has 0 bridgehead atoms. The van der Waals surface area contributed by atoms with Crippen LogP contribution in [0.1, 0.15) is 0 Å². The van der Waals surface area contributed by atoms with Crippen LogP contribution in [0.3, 0.4) is 0 Å². The minimum atomic E-state index is 0.680. The Balaban J connectivity index is 2.93. The lowest BCUT2D eigenvalue weighted by Gasteiger charge is -2.05. The van der Waals surface area contributed by atoms with Crippen molar-refractivity contribution in [2.45, 2.75) is 0 Å². The number of hydrogen-bond acceptors (Lipinski definition) is 2. The molecule has 2 nitrogen and oxygen atoms in total. The lowest BCUT2D eigenvalue weighted by Crippen LogP contribution is -1.93. The Hall–Kier alpha value is -0.800. The van der Waals surface area contributed by atoms with E-state index in [9.17, 15) is 0 Å². The number of benzene rings is 1. The first-order valence-corrected chi connectivity index (χ1v) is 4.30. The third kappa shape index (κ3) is 2.09. The van der Waals surface area contributed by atoms with Crippen molar-refractivity contribution in [2.24, 2.45) is 0 Å². The van der Waals surface area contributed by atoms with E-state index in [0.29, 0.717) is 5.02 Å². The van der Waals surface area contributed by atoms with Gasteiger partial charge in [0.2, 0.25) is 0 Å². The highest BCUT2D eigenvalue weighted by Crippen LogP contribution is 2.24. The summed E-state index contributed by atoms with van der Waals surface area (Å²) in [6, 6.07) is 5.61. The molecule has 4 heteroatoms. The molecule has 1 aromatic carbocycles. The summed E-state index contributed by atoms with van der Waals surface area (Å²) in [4.78, 5) is 0. The van der Waals surface area contributed by atoms with E-state index in [0.717, 1.165) is 11.4 Å². The predicted molar refractivity (Wildman–Crippen MR) is 58.3 cm³/mol. The zero-order valence-electron chi connectivity index (χ0n) is 6.60. The van der Waals surface area contributed by atoms with Gasteiger partial charge >= 0.3 is 0 Å². The van der Waals surface area contributed by atoms with E-state index in [-0.39, 0.29) is 0 Å². The van der Waals surface area contributed by atoms with Crippen LogP contribution < -0.4 is 10.6 Å². The zero-order valence-corrected chi connectivity index (χ0v) is 8.17. The third-order valence-electron chi connectivity index (χ3n) is 1.46. The number of rotatable bonds is 3. The van der Waals surface area contributed by atoms with Crippen molar-refractivity contribution in [1.82, 2.24) is 0 Å². The molecule has 1 aromatic rings. The first kappa shape index (κ1) is 9.29. The van der Waals surface area contributed by atoms with E-state index >= 15 is 0 Å². The van der Waals surface area contributed by atoms with Gasteiger partial charge in [0.1, 0.15) is 0 Å². The van der Waals surface area contributed by atoms with Gasteiger partial charge < -0.3 is 10.6 Å². The second-order valence-corrected chi connectivity index (χ2v) is 2.85. The quantitative estimate of drug-likeness (QED) is 0.734. The fraction of sp³-hybridized carbons (Fsp3) is 0.125. The molecule has 0 spiro atoms. The summed E-state index contributed by atoms with van der Waals surface area (Å²) < 4.78 is 0. The minimum Gasteiger partial charge on any atom is -0.387 e. The molecule has 12 heavy (non-hydrogen) atoms. The maximum Gasteiger partial charge on any atom is 0.0658 e. The minimum absolute atomic E-state index is 0.680. The molecule has 1 rings (SSSR count). The number of nitrogens with one attached hydrogen (secondary N) is 2. The van der Waals surface area contributed by atoms with E-state index in [1.54, 1.807) is 0 Å². The molecular formula is C8H9ClN2S. The summed E-state index contributed by atoms with van der Waals surface area (Å²) in [6.07, 6.45) is 0. The summed E-state index contributed by atoms with van der Waals surface area (Å²) in [7, 11) is 1.83. The maximum absolute atomic E-state index is 5.91. The Morgan fingerprint density at radius 1 is 1.50 bits per heavy atom. The summed E-state index contributed by atoms with van der Waals surface area (Å²) in [5.41, 5.74) is 3.26. The normalized spacial score (nSPS) is 9.17. The molecule has 0 heterocycles. The Kier molecular flexibility index (Phi) is 3.31. The molecule has 0 atom stereocenters. The van der Waals surface area contributed by atoms with E-state index in [1.807, 2.05) is 25.2 Å². The molecule has 0 unspecified atom stereocenters. The van der Waals surface area contributed by atoms with Gasteiger partial charge in [-0.25, -0.2) is 0 Å². The molecule has 0 aliphatic carbocycles. The van der Waals surface area contributed by atoms with E-state index in [2.05, 4.69) is 22.9 Å². The van der Waals surface area contributed by atoms with Gasteiger partial charge in [-0.1, -0.05) is 23.8 Å². The Bertz CT molecular complexity index is 288. The molecule has 0 aliphatic heterocycles. The molecule has 0 saturated carbocycles. The van der Waals surface area contributed by atoms with Crippen LogP contribution >= 0.6 is 23.8 Å². The number of thiocarbonyl (C=S) groups is 1. The van der Waals surface area contributed by atoms with Crippen LogP contribution in [0.4, 0.5) is 11.4 Å². The van der Waals surface area contributed by atoms with Crippen molar-refractivity contribution in [2.75, 3.05) is 17.7 Å². The van der Waals surface area contributed by atoms with E-state index in [1.165, 1.54) is 5.49 Å². The summed E-state index contributed by atoms with van der Waals surface area (Å²) >= 11 is 10.6. The largest absolute Gasteiger partial charge is 0.387 e. The molecule has 0 radical (unpaired) electrons. The Morgan fingerprint density at radius 2 is 2.25 bits per heavy atom. The van der Waals surface area contributed by atoms with Crippen molar-refractivity contribution in [3.63, 3.8) is 0 Å². The van der Waals surface area contributed by atoms with E-state index in [4.69, 9.17) is 11.6 Å². The topological polar surface area (TPSA) is 24.1 Å². The molecule has 0 saturated heterocycles. The van der Waals surface area contributed by atoms with E-state index < -0.39 is 0 Å². The van der Waals surface area contributed by atoms with Crippen LogP contribution in [0.25, 0.3) is 0 Å². The number of hydrogen-bond donors (Lipinski definition) is 2. The van der Waals surface area contributed by atoms with Crippen molar-refractivity contribution < 1.29 is 0 Å². The first-order valence-electron chi connectivity index (χ1n) is 3.45. The smallest absolute Gasteiger partial charge is 0.0658 e. The molecule has 0 fully saturated rings. The van der Waals surface area contributed by atoms with Crippen molar-refractivity contribution in [3.8, 4) is 0 Å². The lowest BCUT2D eigenvalue weighted by molar-refractivity contribution is 1.51. The monoisotopic (exact) mass is 200 g/mol. The van der Waals surface area contributed by atoms with Crippen LogP contribution in [-0.2, 0) is 0 Å². The SMILES string of the molecule is CNc1ccc(NC=S)cc1Cl. The van der Waals surface area contributed by atoms with Gasteiger partial charge in [0.05, 0.1) is 16.2 Å². The molecule has 0 aromatic heterocycles. The van der Waals surface area contributed by atoms with Gasteiger partial charge in [0.25, 0.3) is 0 Å². The van der Waals surface area contributed by atoms with Gasteiger partial charge in [-0.2, -0.15) is 0 Å². The van der Waals surface area contributed by atoms with Crippen molar-refractivity contribution >= 4 is 40.7 Å². The number of halogens is 1. The van der Waals surface area contributed by atoms with Crippen LogP contribution in [0.5, 0.6) is 0 Å².